The number of carbonyl (C=O) groups is 3. The molecule has 13 heteroatoms. The minimum Gasteiger partial charge on any atom is -1.00 e. The average Bonchev–Trinajstić information content (AvgIpc) is 2.18. The fraction of sp³-hybridized carbons (Fsp3) is 0.667. The van der Waals surface area contributed by atoms with Crippen molar-refractivity contribution >= 4 is 55.6 Å². The third-order valence-electron chi connectivity index (χ3n) is 1.21. The van der Waals surface area contributed by atoms with Gasteiger partial charge in [0, 0.05) is 0 Å². The molecule has 0 aromatic heterocycles. The first-order valence-corrected chi connectivity index (χ1v) is 5.05. The van der Waals surface area contributed by atoms with Gasteiger partial charge in [0.2, 0.25) is 0 Å². The van der Waals surface area contributed by atoms with Crippen LogP contribution < -0.4 is 80.5 Å². The minimum absolute atomic E-state index is 0. The fourth-order valence-electron chi connectivity index (χ4n) is 0. The second kappa shape index (κ2) is 26.8. The summed E-state index contributed by atoms with van der Waals surface area (Å²) in [6.07, 6.45) is 0. The summed E-state index contributed by atoms with van der Waals surface area (Å²) in [5.74, 6) is -3.31. The number of hydrogen-bond donors (Lipinski definition) is 3. The first kappa shape index (κ1) is 43.5. The van der Waals surface area contributed by atoms with Crippen LogP contribution in [0.5, 0.6) is 0 Å². The van der Waals surface area contributed by atoms with Gasteiger partial charge in [0.1, 0.15) is 18.1 Å². The SMILES string of the molecule is C[C@H]([NH3+])C(=O)[O-].C[C@H]([NH3+])C(=O)[O-].C[C@H]([NH3+])C(=O)[O-].O.[Ca+2].[I-].[I-]. The molecule has 0 rings (SSSR count). The van der Waals surface area contributed by atoms with Crippen molar-refractivity contribution in [2.24, 2.45) is 0 Å². The third-order valence-corrected chi connectivity index (χ3v) is 1.21. The Morgan fingerprint density at radius 3 is 0.727 bits per heavy atom. The second-order valence-electron chi connectivity index (χ2n) is 3.66. The topological polar surface area (TPSA) is 235 Å². The molecule has 0 spiro atoms. The van der Waals surface area contributed by atoms with Crippen molar-refractivity contribution in [3.8, 4) is 0 Å². The number of rotatable bonds is 3. The summed E-state index contributed by atoms with van der Waals surface area (Å²) >= 11 is 0. The van der Waals surface area contributed by atoms with E-state index in [9.17, 15) is 29.7 Å². The monoisotopic (exact) mass is 579 g/mol. The molecule has 0 aliphatic rings. The molecule has 22 heavy (non-hydrogen) atoms. The Morgan fingerprint density at radius 1 is 0.682 bits per heavy atom. The van der Waals surface area contributed by atoms with Crippen molar-refractivity contribution in [3.05, 3.63) is 0 Å². The van der Waals surface area contributed by atoms with E-state index in [2.05, 4.69) is 17.2 Å². The van der Waals surface area contributed by atoms with E-state index in [0.717, 1.165) is 0 Å². The zero-order valence-corrected chi connectivity index (χ0v) is 19.3. The molecule has 0 saturated carbocycles. The molecule has 10 nitrogen and oxygen atoms in total. The van der Waals surface area contributed by atoms with Crippen LogP contribution in [0.3, 0.4) is 0 Å². The second-order valence-corrected chi connectivity index (χ2v) is 3.66. The summed E-state index contributed by atoms with van der Waals surface area (Å²) in [6.45, 7) is 4.40. The summed E-state index contributed by atoms with van der Waals surface area (Å²) in [4.78, 5) is 28.6. The van der Waals surface area contributed by atoms with Crippen molar-refractivity contribution < 1.29 is 100 Å². The maximum atomic E-state index is 9.53. The Labute approximate surface area is 192 Å². The number of halogens is 2. The summed E-state index contributed by atoms with van der Waals surface area (Å²) in [5.41, 5.74) is 9.53. The van der Waals surface area contributed by atoms with Gasteiger partial charge in [-0.05, 0) is 20.8 Å². The van der Waals surface area contributed by atoms with Crippen molar-refractivity contribution in [1.82, 2.24) is 0 Å². The molecule has 132 valence electrons. The van der Waals surface area contributed by atoms with Crippen LogP contribution in [0.1, 0.15) is 20.8 Å². The van der Waals surface area contributed by atoms with Gasteiger partial charge in [-0.1, -0.05) is 0 Å². The zero-order chi connectivity index (χ0) is 15.5. The fourth-order valence-corrected chi connectivity index (χ4v) is 0. The van der Waals surface area contributed by atoms with Crippen molar-refractivity contribution in [2.75, 3.05) is 0 Å². The maximum Gasteiger partial charge on any atom is 2.00 e. The van der Waals surface area contributed by atoms with E-state index in [-0.39, 0.29) is 91.2 Å². The van der Waals surface area contributed by atoms with E-state index < -0.39 is 36.0 Å². The van der Waals surface area contributed by atoms with Gasteiger partial charge in [0.15, 0.2) is 0 Å². The molecule has 0 aromatic carbocycles. The van der Waals surface area contributed by atoms with E-state index in [1.807, 2.05) is 0 Å². The summed E-state index contributed by atoms with van der Waals surface area (Å²) in [5, 5.41) is 28.6. The van der Waals surface area contributed by atoms with Gasteiger partial charge < -0.3 is 100 Å². The number of carbonyl (C=O) groups excluding carboxylic acids is 3. The van der Waals surface area contributed by atoms with E-state index in [1.165, 1.54) is 20.8 Å². The molecule has 0 aromatic rings. The molecule has 3 atom stereocenters. The molecule has 11 N–H and O–H groups in total. The third kappa shape index (κ3) is 49.7. The summed E-state index contributed by atoms with van der Waals surface area (Å²) < 4.78 is 0. The number of carboxylic acids is 3. The van der Waals surface area contributed by atoms with Gasteiger partial charge in [-0.15, -0.1) is 0 Å². The Morgan fingerprint density at radius 2 is 0.727 bits per heavy atom. The van der Waals surface area contributed by atoms with Crippen molar-refractivity contribution in [2.45, 2.75) is 38.9 Å². The largest absolute Gasteiger partial charge is 2.00 e. The maximum absolute atomic E-state index is 9.53. The standard InChI is InChI=1S/3C3H7NO2.Ca.2HI.H2O/c3*1-2(4)3(5)6;;;;/h3*2H,4H2,1H3,(H,5,6);;2*1H;1H2/q;;;+2;;;/p-2/t3*2-;;;;/m000..../s1. The van der Waals surface area contributed by atoms with Crippen LogP contribution in [0.15, 0.2) is 0 Å². The van der Waals surface area contributed by atoms with Crippen molar-refractivity contribution in [3.63, 3.8) is 0 Å². The molecule has 0 saturated heterocycles. The van der Waals surface area contributed by atoms with Crippen LogP contribution in [0.2, 0.25) is 0 Å². The van der Waals surface area contributed by atoms with E-state index in [0.29, 0.717) is 0 Å². The van der Waals surface area contributed by atoms with Crippen LogP contribution in [0.4, 0.5) is 0 Å². The molecule has 0 amide bonds. The Balaban J connectivity index is -0.0000000281. The van der Waals surface area contributed by atoms with Crippen LogP contribution in [-0.2, 0) is 14.4 Å². The number of quaternary nitrogens is 3. The molecule has 0 aliphatic heterocycles. The van der Waals surface area contributed by atoms with Crippen LogP contribution in [0, 0.1) is 0 Å². The van der Waals surface area contributed by atoms with Crippen LogP contribution in [-0.4, -0.2) is 79.2 Å². The van der Waals surface area contributed by atoms with Crippen molar-refractivity contribution in [1.29, 1.82) is 0 Å². The minimum atomic E-state index is -1.10. The molecule has 0 unspecified atom stereocenters. The molecule has 0 heterocycles. The molecular formula is C9H23CaI2N3O7. The quantitative estimate of drug-likeness (QED) is 0.217. The van der Waals surface area contributed by atoms with Gasteiger partial charge in [0.05, 0.1) is 17.9 Å². The van der Waals surface area contributed by atoms with E-state index in [1.54, 1.807) is 0 Å². The molecule has 0 fully saturated rings. The van der Waals surface area contributed by atoms with E-state index in [4.69, 9.17) is 0 Å². The van der Waals surface area contributed by atoms with Gasteiger partial charge in [0.25, 0.3) is 0 Å². The zero-order valence-electron chi connectivity index (χ0n) is 12.8. The van der Waals surface area contributed by atoms with Gasteiger partial charge in [-0.25, -0.2) is 0 Å². The average molecular weight is 579 g/mol. The molecule has 0 bridgehead atoms. The van der Waals surface area contributed by atoms with Gasteiger partial charge >= 0.3 is 37.7 Å². The Bertz CT molecular complexity index is 239. The predicted octanol–water partition coefficient (Wildman–Crippen LogP) is -15.1. The Kier molecular flexibility index (Phi) is 53.0. The van der Waals surface area contributed by atoms with Gasteiger partial charge in [-0.2, -0.15) is 0 Å². The summed E-state index contributed by atoms with van der Waals surface area (Å²) in [7, 11) is 0. The molecular weight excluding hydrogens is 556 g/mol. The number of hydrogen-bond acceptors (Lipinski definition) is 6. The van der Waals surface area contributed by atoms with Gasteiger partial charge in [-0.3, -0.25) is 0 Å². The first-order valence-electron chi connectivity index (χ1n) is 5.05. The Hall–Kier alpha value is 0.970. The van der Waals surface area contributed by atoms with Crippen LogP contribution >= 0.6 is 0 Å². The predicted molar refractivity (Wildman–Crippen MR) is 61.4 cm³/mol. The molecule has 0 radical (unpaired) electrons. The van der Waals surface area contributed by atoms with E-state index >= 15 is 0 Å². The number of carboxylic acid groups (broad SMARTS) is 3. The van der Waals surface area contributed by atoms with Crippen LogP contribution in [0.25, 0.3) is 0 Å². The smallest absolute Gasteiger partial charge is 1.00 e. The molecule has 0 aliphatic carbocycles. The normalized spacial score (nSPS) is 11.2. The summed E-state index contributed by atoms with van der Waals surface area (Å²) in [6, 6.07) is -1.78. The number of aliphatic carboxylic acids is 3. The first-order chi connectivity index (χ1) is 7.93.